The highest BCUT2D eigenvalue weighted by molar-refractivity contribution is 5.19. The molecule has 1 N–H and O–H groups in total. The predicted molar refractivity (Wildman–Crippen MR) is 68.2 cm³/mol. The zero-order chi connectivity index (χ0) is 12.2. The van der Waals surface area contributed by atoms with Crippen molar-refractivity contribution in [3.63, 3.8) is 0 Å². The third-order valence-corrected chi connectivity index (χ3v) is 5.44. The molecule has 0 radical (unpaired) electrons. The summed E-state index contributed by atoms with van der Waals surface area (Å²) in [6.45, 7) is 3.17. The molecule has 0 bridgehead atoms. The van der Waals surface area contributed by atoms with Gasteiger partial charge in [-0.05, 0) is 38.3 Å². The van der Waals surface area contributed by atoms with Crippen LogP contribution in [0.2, 0.25) is 0 Å². The lowest BCUT2D eigenvalue weighted by Crippen LogP contribution is -2.71. The van der Waals surface area contributed by atoms with Crippen molar-refractivity contribution < 1.29 is 9.15 Å². The van der Waals surface area contributed by atoms with E-state index in [4.69, 9.17) is 9.15 Å². The summed E-state index contributed by atoms with van der Waals surface area (Å²) in [4.78, 5) is 0. The average Bonchev–Trinajstić information content (AvgIpc) is 2.93. The van der Waals surface area contributed by atoms with E-state index in [1.54, 1.807) is 6.26 Å². The van der Waals surface area contributed by atoms with Crippen LogP contribution in [0.5, 0.6) is 0 Å². The first-order valence-electron chi connectivity index (χ1n) is 7.22. The molecule has 1 aromatic rings. The molecule has 3 nitrogen and oxygen atoms in total. The maximum Gasteiger partial charge on any atom is 0.120 e. The maximum absolute atomic E-state index is 5.95. The largest absolute Gasteiger partial charge is 0.468 e. The van der Waals surface area contributed by atoms with Crippen LogP contribution in [0.25, 0.3) is 0 Å². The zero-order valence-corrected chi connectivity index (χ0v) is 10.9. The third-order valence-electron chi connectivity index (χ3n) is 5.44. The summed E-state index contributed by atoms with van der Waals surface area (Å²) < 4.78 is 11.5. The number of hydrogen-bond donors (Lipinski definition) is 1. The van der Waals surface area contributed by atoms with Gasteiger partial charge in [-0.2, -0.15) is 0 Å². The highest BCUT2D eigenvalue weighted by atomic mass is 16.5. The lowest BCUT2D eigenvalue weighted by atomic mass is 9.46. The minimum absolute atomic E-state index is 0.309. The van der Waals surface area contributed by atoms with Crippen LogP contribution < -0.4 is 5.32 Å². The van der Waals surface area contributed by atoms with Gasteiger partial charge in [0.05, 0.1) is 18.4 Å². The van der Waals surface area contributed by atoms with Crippen molar-refractivity contribution in [3.05, 3.63) is 24.2 Å². The number of furan rings is 1. The highest BCUT2D eigenvalue weighted by Gasteiger charge is 2.66. The smallest absolute Gasteiger partial charge is 0.120 e. The SMILES string of the molecule is C[C@H](N[C@@H]1[C@H]2CCO[C@H]2C12CCC2)c1ccco1. The Balaban J connectivity index is 1.51. The molecular weight excluding hydrogens is 226 g/mol. The summed E-state index contributed by atoms with van der Waals surface area (Å²) in [7, 11) is 0. The molecule has 2 aliphatic carbocycles. The van der Waals surface area contributed by atoms with E-state index in [2.05, 4.69) is 18.3 Å². The molecular formula is C15H21NO2. The van der Waals surface area contributed by atoms with E-state index in [1.807, 2.05) is 6.07 Å². The summed E-state index contributed by atoms with van der Waals surface area (Å²) in [5.74, 6) is 1.79. The summed E-state index contributed by atoms with van der Waals surface area (Å²) in [5, 5.41) is 3.81. The first-order chi connectivity index (χ1) is 8.81. The van der Waals surface area contributed by atoms with Crippen LogP contribution in [-0.4, -0.2) is 18.8 Å². The van der Waals surface area contributed by atoms with Gasteiger partial charge in [0.2, 0.25) is 0 Å². The molecule has 98 valence electrons. The van der Waals surface area contributed by atoms with Crippen molar-refractivity contribution in [1.82, 2.24) is 5.32 Å². The van der Waals surface area contributed by atoms with Gasteiger partial charge in [0.1, 0.15) is 5.76 Å². The van der Waals surface area contributed by atoms with Crippen LogP contribution >= 0.6 is 0 Å². The average molecular weight is 247 g/mol. The topological polar surface area (TPSA) is 34.4 Å². The van der Waals surface area contributed by atoms with Crippen molar-refractivity contribution in [2.24, 2.45) is 11.3 Å². The molecule has 1 aromatic heterocycles. The Morgan fingerprint density at radius 2 is 2.33 bits per heavy atom. The Hall–Kier alpha value is -0.800. The van der Waals surface area contributed by atoms with Gasteiger partial charge in [0.15, 0.2) is 0 Å². The fraction of sp³-hybridized carbons (Fsp3) is 0.733. The molecule has 0 amide bonds. The highest BCUT2D eigenvalue weighted by Crippen LogP contribution is 2.63. The van der Waals surface area contributed by atoms with E-state index in [9.17, 15) is 0 Å². The molecule has 2 saturated carbocycles. The first kappa shape index (κ1) is 11.1. The van der Waals surface area contributed by atoms with Gasteiger partial charge in [0.25, 0.3) is 0 Å². The van der Waals surface area contributed by atoms with E-state index < -0.39 is 0 Å². The molecule has 2 heterocycles. The Labute approximate surface area is 108 Å². The number of hydrogen-bond acceptors (Lipinski definition) is 3. The molecule has 18 heavy (non-hydrogen) atoms. The molecule has 0 unspecified atom stereocenters. The second kappa shape index (κ2) is 3.84. The number of rotatable bonds is 3. The molecule has 1 aliphatic heterocycles. The summed E-state index contributed by atoms with van der Waals surface area (Å²) in [6.07, 6.45) is 7.60. The van der Waals surface area contributed by atoms with Crippen molar-refractivity contribution in [2.45, 2.75) is 50.8 Å². The molecule has 4 atom stereocenters. The van der Waals surface area contributed by atoms with Crippen LogP contribution in [0.1, 0.15) is 44.4 Å². The molecule has 3 fully saturated rings. The normalized spacial score (nSPS) is 37.9. The molecule has 3 heteroatoms. The Bertz CT molecular complexity index is 424. The van der Waals surface area contributed by atoms with Gasteiger partial charge < -0.3 is 14.5 Å². The Morgan fingerprint density at radius 3 is 3.00 bits per heavy atom. The number of nitrogens with one attached hydrogen (secondary N) is 1. The van der Waals surface area contributed by atoms with Crippen LogP contribution in [-0.2, 0) is 4.74 Å². The molecule has 1 saturated heterocycles. The van der Waals surface area contributed by atoms with Crippen molar-refractivity contribution >= 4 is 0 Å². The summed E-state index contributed by atoms with van der Waals surface area (Å²) in [5.41, 5.74) is 0.460. The minimum Gasteiger partial charge on any atom is -0.468 e. The fourth-order valence-electron chi connectivity index (χ4n) is 4.38. The van der Waals surface area contributed by atoms with Gasteiger partial charge in [-0.25, -0.2) is 0 Å². The molecule has 0 aromatic carbocycles. The predicted octanol–water partition coefficient (Wildman–Crippen LogP) is 2.89. The standard InChI is InChI=1S/C15H21NO2/c1-10(12-4-2-8-17-12)16-13-11-5-9-18-14(11)15(13)6-3-7-15/h2,4,8,10-11,13-14,16H,3,5-7,9H2,1H3/t10-,11+,13+,14+/m0/s1. The van der Waals surface area contributed by atoms with E-state index in [-0.39, 0.29) is 0 Å². The van der Waals surface area contributed by atoms with Gasteiger partial charge in [-0.1, -0.05) is 6.42 Å². The first-order valence-corrected chi connectivity index (χ1v) is 7.22. The van der Waals surface area contributed by atoms with E-state index >= 15 is 0 Å². The fourth-order valence-corrected chi connectivity index (χ4v) is 4.38. The third kappa shape index (κ3) is 1.32. The Morgan fingerprint density at radius 1 is 1.44 bits per heavy atom. The van der Waals surface area contributed by atoms with E-state index in [0.717, 1.165) is 18.3 Å². The molecule has 3 aliphatic rings. The monoisotopic (exact) mass is 247 g/mol. The summed E-state index contributed by atoms with van der Waals surface area (Å²) >= 11 is 0. The van der Waals surface area contributed by atoms with E-state index in [0.29, 0.717) is 23.6 Å². The Kier molecular flexibility index (Phi) is 2.36. The lowest BCUT2D eigenvalue weighted by Gasteiger charge is -2.64. The second-order valence-corrected chi connectivity index (χ2v) is 6.21. The van der Waals surface area contributed by atoms with Crippen molar-refractivity contribution in [2.75, 3.05) is 6.61 Å². The number of fused-ring (bicyclic) bond motifs is 2. The zero-order valence-electron chi connectivity index (χ0n) is 10.9. The molecule has 1 spiro atoms. The minimum atomic E-state index is 0.309. The number of ether oxygens (including phenoxy) is 1. The van der Waals surface area contributed by atoms with Crippen LogP contribution in [0.4, 0.5) is 0 Å². The van der Waals surface area contributed by atoms with Crippen molar-refractivity contribution in [3.8, 4) is 0 Å². The lowest BCUT2D eigenvalue weighted by molar-refractivity contribution is -0.178. The van der Waals surface area contributed by atoms with Crippen molar-refractivity contribution in [1.29, 1.82) is 0 Å². The second-order valence-electron chi connectivity index (χ2n) is 6.21. The van der Waals surface area contributed by atoms with E-state index in [1.165, 1.54) is 25.7 Å². The molecule has 4 rings (SSSR count). The maximum atomic E-state index is 5.95. The van der Waals surface area contributed by atoms with Gasteiger partial charge >= 0.3 is 0 Å². The van der Waals surface area contributed by atoms with Crippen LogP contribution in [0.3, 0.4) is 0 Å². The van der Waals surface area contributed by atoms with Gasteiger partial charge in [0, 0.05) is 24.0 Å². The summed E-state index contributed by atoms with van der Waals surface area (Å²) in [6, 6.07) is 4.98. The van der Waals surface area contributed by atoms with Gasteiger partial charge in [-0.15, -0.1) is 0 Å². The van der Waals surface area contributed by atoms with Crippen LogP contribution in [0, 0.1) is 11.3 Å². The van der Waals surface area contributed by atoms with Gasteiger partial charge in [-0.3, -0.25) is 0 Å². The quantitative estimate of drug-likeness (QED) is 0.892. The van der Waals surface area contributed by atoms with Crippen LogP contribution in [0.15, 0.2) is 22.8 Å².